The zero-order valence-electron chi connectivity index (χ0n) is 12.5. The Bertz CT molecular complexity index is 810. The van der Waals surface area contributed by atoms with Gasteiger partial charge in [-0.25, -0.2) is 9.18 Å². The van der Waals surface area contributed by atoms with E-state index in [2.05, 4.69) is 4.98 Å². The average molecular weight is 355 g/mol. The number of nitrogens with zero attached hydrogens (tertiary/aromatic N) is 1. The van der Waals surface area contributed by atoms with E-state index in [1.54, 1.807) is 0 Å². The van der Waals surface area contributed by atoms with Crippen LogP contribution in [0.25, 0.3) is 0 Å². The number of esters is 1. The van der Waals surface area contributed by atoms with Gasteiger partial charge in [-0.2, -0.15) is 13.2 Å². The van der Waals surface area contributed by atoms with Gasteiger partial charge in [0.1, 0.15) is 18.1 Å². The van der Waals surface area contributed by atoms with Gasteiger partial charge in [-0.15, -0.1) is 0 Å². The number of pyridine rings is 1. The smallest absolute Gasteiger partial charge is 0.457 e. The van der Waals surface area contributed by atoms with Gasteiger partial charge in [-0.1, -0.05) is 6.07 Å². The van der Waals surface area contributed by atoms with Gasteiger partial charge in [-0.05, 0) is 29.2 Å². The first-order valence-electron chi connectivity index (χ1n) is 7.07. The summed E-state index contributed by atoms with van der Waals surface area (Å²) in [7, 11) is -1.25. The number of carbonyl (C=O) groups is 1. The molecule has 2 heterocycles. The molecular weight excluding hydrogens is 345 g/mol. The molecule has 0 radical (unpaired) electrons. The summed E-state index contributed by atoms with van der Waals surface area (Å²) in [6.07, 6.45) is -3.64. The SMILES string of the molecule is O=C(OCc1ccc(C(F)(F)F)nc1)c1cc2c(cc1F)COB2O. The molecule has 0 spiro atoms. The van der Waals surface area contributed by atoms with E-state index in [-0.39, 0.29) is 24.2 Å². The summed E-state index contributed by atoms with van der Waals surface area (Å²) in [5.41, 5.74) is -0.561. The molecule has 0 atom stereocenters. The van der Waals surface area contributed by atoms with Crippen molar-refractivity contribution in [1.82, 2.24) is 4.98 Å². The van der Waals surface area contributed by atoms with E-state index in [0.717, 1.165) is 30.5 Å². The summed E-state index contributed by atoms with van der Waals surface area (Å²) >= 11 is 0. The molecule has 1 aromatic heterocycles. The first kappa shape index (κ1) is 17.4. The van der Waals surface area contributed by atoms with E-state index in [4.69, 9.17) is 9.39 Å². The number of aromatic nitrogens is 1. The third kappa shape index (κ3) is 3.64. The number of rotatable bonds is 3. The van der Waals surface area contributed by atoms with Crippen LogP contribution in [0, 0.1) is 5.82 Å². The number of benzene rings is 1. The predicted molar refractivity (Wildman–Crippen MR) is 77.2 cm³/mol. The van der Waals surface area contributed by atoms with Crippen LogP contribution in [0.15, 0.2) is 30.5 Å². The normalized spacial score (nSPS) is 13.7. The Morgan fingerprint density at radius 3 is 2.76 bits per heavy atom. The number of carbonyl (C=O) groups excluding carboxylic acids is 1. The van der Waals surface area contributed by atoms with Crippen molar-refractivity contribution >= 4 is 18.6 Å². The fourth-order valence-electron chi connectivity index (χ4n) is 2.31. The molecule has 3 rings (SSSR count). The topological polar surface area (TPSA) is 68.7 Å². The molecule has 25 heavy (non-hydrogen) atoms. The highest BCUT2D eigenvalue weighted by Gasteiger charge is 2.32. The van der Waals surface area contributed by atoms with Crippen LogP contribution in [0.2, 0.25) is 0 Å². The van der Waals surface area contributed by atoms with Gasteiger partial charge in [-0.3, -0.25) is 4.98 Å². The first-order valence-corrected chi connectivity index (χ1v) is 7.07. The highest BCUT2D eigenvalue weighted by atomic mass is 19.4. The largest absolute Gasteiger partial charge is 0.491 e. The zero-order valence-corrected chi connectivity index (χ0v) is 12.5. The number of halogens is 4. The van der Waals surface area contributed by atoms with E-state index in [1.807, 2.05) is 0 Å². The average Bonchev–Trinajstić information content (AvgIpc) is 2.91. The lowest BCUT2D eigenvalue weighted by Gasteiger charge is -2.09. The molecule has 0 unspecified atom stereocenters. The predicted octanol–water partition coefficient (Wildman–Crippen LogP) is 1.81. The quantitative estimate of drug-likeness (QED) is 0.517. The molecule has 0 saturated carbocycles. The minimum Gasteiger partial charge on any atom is -0.457 e. The standard InChI is InChI=1S/C15H10BF4NO4/c17-12-3-9-7-25-16(23)11(9)4-10(12)14(22)24-6-8-1-2-13(21-5-8)15(18,19)20/h1-5,23H,6-7H2. The molecule has 0 saturated heterocycles. The molecule has 10 heteroatoms. The first-order chi connectivity index (χ1) is 11.8. The molecule has 130 valence electrons. The van der Waals surface area contributed by atoms with Gasteiger partial charge in [0.25, 0.3) is 0 Å². The van der Waals surface area contributed by atoms with E-state index in [1.165, 1.54) is 0 Å². The fourth-order valence-corrected chi connectivity index (χ4v) is 2.31. The Hall–Kier alpha value is -2.46. The molecule has 0 fully saturated rings. The van der Waals surface area contributed by atoms with Gasteiger partial charge in [0.05, 0.1) is 12.2 Å². The van der Waals surface area contributed by atoms with Gasteiger partial charge in [0.15, 0.2) is 0 Å². The van der Waals surface area contributed by atoms with Crippen molar-refractivity contribution < 1.29 is 36.8 Å². The molecule has 1 aliphatic heterocycles. The van der Waals surface area contributed by atoms with E-state index in [9.17, 15) is 27.4 Å². The summed E-state index contributed by atoms with van der Waals surface area (Å²) in [5.74, 6) is -1.86. The second-order valence-electron chi connectivity index (χ2n) is 5.32. The summed E-state index contributed by atoms with van der Waals surface area (Å²) in [6.45, 7) is -0.348. The highest BCUT2D eigenvalue weighted by Crippen LogP contribution is 2.27. The van der Waals surface area contributed by atoms with Crippen LogP contribution in [-0.2, 0) is 28.8 Å². The molecular formula is C15H10BF4NO4. The summed E-state index contributed by atoms with van der Waals surface area (Å²) in [4.78, 5) is 15.2. The van der Waals surface area contributed by atoms with Crippen molar-refractivity contribution in [2.24, 2.45) is 0 Å². The van der Waals surface area contributed by atoms with Crippen molar-refractivity contribution in [1.29, 1.82) is 0 Å². The number of hydrogen-bond donors (Lipinski definition) is 1. The van der Waals surface area contributed by atoms with Crippen LogP contribution < -0.4 is 5.46 Å². The lowest BCUT2D eigenvalue weighted by molar-refractivity contribution is -0.141. The second kappa shape index (κ2) is 6.45. The molecule has 0 amide bonds. The minimum atomic E-state index is -4.56. The highest BCUT2D eigenvalue weighted by molar-refractivity contribution is 6.61. The van der Waals surface area contributed by atoms with Crippen LogP contribution in [-0.4, -0.2) is 23.1 Å². The Kier molecular flexibility index (Phi) is 4.48. The fraction of sp³-hybridized carbons (Fsp3) is 0.200. The number of ether oxygens (including phenoxy) is 1. The Balaban J connectivity index is 1.70. The Labute approximate surface area is 139 Å². The van der Waals surface area contributed by atoms with E-state index >= 15 is 0 Å². The summed E-state index contributed by atoms with van der Waals surface area (Å²) < 4.78 is 61.0. The molecule has 2 aromatic rings. The lowest BCUT2D eigenvalue weighted by atomic mass is 9.78. The van der Waals surface area contributed by atoms with E-state index in [0.29, 0.717) is 5.56 Å². The van der Waals surface area contributed by atoms with Crippen molar-refractivity contribution in [3.05, 3.63) is 58.7 Å². The minimum absolute atomic E-state index is 0.0277. The van der Waals surface area contributed by atoms with E-state index < -0.39 is 36.3 Å². The van der Waals surface area contributed by atoms with Crippen LogP contribution in [0.1, 0.15) is 27.2 Å². The molecule has 1 aliphatic rings. The van der Waals surface area contributed by atoms with Crippen molar-refractivity contribution in [3.63, 3.8) is 0 Å². The Morgan fingerprint density at radius 2 is 2.12 bits per heavy atom. The number of fused-ring (bicyclic) bond motifs is 1. The molecule has 0 aliphatic carbocycles. The monoisotopic (exact) mass is 355 g/mol. The van der Waals surface area contributed by atoms with Crippen molar-refractivity contribution in [2.45, 2.75) is 19.4 Å². The number of alkyl halides is 3. The lowest BCUT2D eigenvalue weighted by Crippen LogP contribution is -2.29. The van der Waals surface area contributed by atoms with Crippen LogP contribution in [0.5, 0.6) is 0 Å². The molecule has 0 bridgehead atoms. The van der Waals surface area contributed by atoms with Gasteiger partial charge < -0.3 is 14.4 Å². The van der Waals surface area contributed by atoms with Crippen LogP contribution in [0.4, 0.5) is 17.6 Å². The van der Waals surface area contributed by atoms with Crippen LogP contribution in [0.3, 0.4) is 0 Å². The maximum Gasteiger partial charge on any atom is 0.491 e. The van der Waals surface area contributed by atoms with Crippen molar-refractivity contribution in [2.75, 3.05) is 0 Å². The third-order valence-corrected chi connectivity index (χ3v) is 3.60. The Morgan fingerprint density at radius 1 is 1.36 bits per heavy atom. The third-order valence-electron chi connectivity index (χ3n) is 3.60. The maximum absolute atomic E-state index is 14.0. The number of hydrogen-bond acceptors (Lipinski definition) is 5. The molecule has 5 nitrogen and oxygen atoms in total. The van der Waals surface area contributed by atoms with Crippen molar-refractivity contribution in [3.8, 4) is 0 Å². The molecule has 1 aromatic carbocycles. The van der Waals surface area contributed by atoms with Crippen LogP contribution >= 0.6 is 0 Å². The second-order valence-corrected chi connectivity index (χ2v) is 5.32. The maximum atomic E-state index is 14.0. The van der Waals surface area contributed by atoms with Gasteiger partial charge in [0.2, 0.25) is 0 Å². The summed E-state index contributed by atoms with van der Waals surface area (Å²) in [5, 5.41) is 9.58. The molecule has 1 N–H and O–H groups in total. The zero-order chi connectivity index (χ0) is 18.2. The van der Waals surface area contributed by atoms with Gasteiger partial charge in [0, 0.05) is 11.8 Å². The summed E-state index contributed by atoms with van der Waals surface area (Å²) in [6, 6.07) is 4.07. The van der Waals surface area contributed by atoms with Gasteiger partial charge >= 0.3 is 19.3 Å².